The Hall–Kier alpha value is -0.480. The van der Waals surface area contributed by atoms with Crippen molar-refractivity contribution in [3.8, 4) is 0 Å². The predicted octanol–water partition coefficient (Wildman–Crippen LogP) is 2.42. The van der Waals surface area contributed by atoms with Gasteiger partial charge in [-0.2, -0.15) is 0 Å². The Morgan fingerprint density at radius 1 is 1.31 bits per heavy atom. The molecule has 0 unspecified atom stereocenters. The van der Waals surface area contributed by atoms with Crippen LogP contribution in [-0.2, 0) is 12.8 Å². The van der Waals surface area contributed by atoms with Crippen LogP contribution in [0.2, 0.25) is 0 Å². The summed E-state index contributed by atoms with van der Waals surface area (Å²) in [7, 11) is 0. The van der Waals surface area contributed by atoms with E-state index >= 15 is 0 Å². The fourth-order valence-electron chi connectivity index (χ4n) is 1.65. The third-order valence-electron chi connectivity index (χ3n) is 2.67. The van der Waals surface area contributed by atoms with Crippen LogP contribution in [0.4, 0.5) is 0 Å². The molecule has 16 heavy (non-hydrogen) atoms. The molecule has 1 aromatic heterocycles. The molecule has 2 rings (SSSR count). The molecule has 0 atom stereocenters. The Morgan fingerprint density at radius 3 is 2.75 bits per heavy atom. The number of aryl methyl sites for hydroxylation is 1. The Bertz CT molecular complexity index is 318. The van der Waals surface area contributed by atoms with Crippen molar-refractivity contribution in [2.75, 3.05) is 6.54 Å². The number of aromatic nitrogens is 2. The standard InChI is InChI=1S/C12H21N3S/c1-9(2)8-12-15-14-11(16-12)4-3-7-13-10-5-6-10/h9-10,13H,3-8H2,1-2H3. The zero-order valence-electron chi connectivity index (χ0n) is 10.2. The summed E-state index contributed by atoms with van der Waals surface area (Å²) in [6, 6.07) is 0.825. The van der Waals surface area contributed by atoms with Crippen molar-refractivity contribution < 1.29 is 0 Å². The Kier molecular flexibility index (Phi) is 4.29. The average molecular weight is 239 g/mol. The highest BCUT2D eigenvalue weighted by Gasteiger charge is 2.19. The zero-order chi connectivity index (χ0) is 11.4. The smallest absolute Gasteiger partial charge is 0.117 e. The summed E-state index contributed by atoms with van der Waals surface area (Å²) >= 11 is 1.79. The molecule has 4 heteroatoms. The molecule has 1 N–H and O–H groups in total. The minimum Gasteiger partial charge on any atom is -0.314 e. The van der Waals surface area contributed by atoms with Crippen LogP contribution in [0, 0.1) is 5.92 Å². The predicted molar refractivity (Wildman–Crippen MR) is 67.8 cm³/mol. The van der Waals surface area contributed by atoms with E-state index in [1.165, 1.54) is 29.3 Å². The number of nitrogens with one attached hydrogen (secondary N) is 1. The monoisotopic (exact) mass is 239 g/mol. The maximum absolute atomic E-state index is 4.24. The molecule has 1 aliphatic rings. The number of nitrogens with zero attached hydrogens (tertiary/aromatic N) is 2. The van der Waals surface area contributed by atoms with E-state index in [9.17, 15) is 0 Å². The largest absolute Gasteiger partial charge is 0.314 e. The lowest BCUT2D eigenvalue weighted by Crippen LogP contribution is -2.17. The van der Waals surface area contributed by atoms with Crippen molar-refractivity contribution in [1.29, 1.82) is 0 Å². The second-order valence-electron chi connectivity index (χ2n) is 5.02. The van der Waals surface area contributed by atoms with Crippen LogP contribution in [0.25, 0.3) is 0 Å². The molecule has 1 fully saturated rings. The summed E-state index contributed by atoms with van der Waals surface area (Å²) in [5.41, 5.74) is 0. The Morgan fingerprint density at radius 2 is 2.06 bits per heavy atom. The first kappa shape index (κ1) is 12.0. The fourth-order valence-corrected chi connectivity index (χ4v) is 2.75. The summed E-state index contributed by atoms with van der Waals surface area (Å²) in [6.07, 6.45) is 6.08. The van der Waals surface area contributed by atoms with Gasteiger partial charge in [0.2, 0.25) is 0 Å². The number of hydrogen-bond acceptors (Lipinski definition) is 4. The lowest BCUT2D eigenvalue weighted by atomic mass is 10.1. The van der Waals surface area contributed by atoms with E-state index < -0.39 is 0 Å². The number of hydrogen-bond donors (Lipinski definition) is 1. The molecule has 0 aliphatic heterocycles. The minimum atomic E-state index is 0.678. The molecule has 1 aliphatic carbocycles. The van der Waals surface area contributed by atoms with Crippen LogP contribution in [0.5, 0.6) is 0 Å². The molecular formula is C12H21N3S. The van der Waals surface area contributed by atoms with Crippen LogP contribution < -0.4 is 5.32 Å². The van der Waals surface area contributed by atoms with Gasteiger partial charge in [0.25, 0.3) is 0 Å². The maximum Gasteiger partial charge on any atom is 0.117 e. The van der Waals surface area contributed by atoms with Gasteiger partial charge >= 0.3 is 0 Å². The Balaban J connectivity index is 1.65. The van der Waals surface area contributed by atoms with Gasteiger partial charge in [0, 0.05) is 18.9 Å². The van der Waals surface area contributed by atoms with Gasteiger partial charge in [-0.1, -0.05) is 13.8 Å². The molecular weight excluding hydrogens is 218 g/mol. The lowest BCUT2D eigenvalue weighted by Gasteiger charge is -1.99. The lowest BCUT2D eigenvalue weighted by molar-refractivity contribution is 0.635. The Labute approximate surface area is 102 Å². The highest BCUT2D eigenvalue weighted by Crippen LogP contribution is 2.19. The van der Waals surface area contributed by atoms with E-state index in [2.05, 4.69) is 29.4 Å². The van der Waals surface area contributed by atoms with Crippen LogP contribution >= 0.6 is 11.3 Å². The van der Waals surface area contributed by atoms with Gasteiger partial charge < -0.3 is 5.32 Å². The summed E-state index contributed by atoms with van der Waals surface area (Å²) < 4.78 is 0. The molecule has 1 heterocycles. The van der Waals surface area contributed by atoms with Gasteiger partial charge in [0.1, 0.15) is 10.0 Å². The quantitative estimate of drug-likeness (QED) is 0.743. The summed E-state index contributed by atoms with van der Waals surface area (Å²) in [6.45, 7) is 5.57. The summed E-state index contributed by atoms with van der Waals surface area (Å²) in [5, 5.41) is 14.4. The van der Waals surface area contributed by atoms with Crippen molar-refractivity contribution in [2.24, 2.45) is 5.92 Å². The van der Waals surface area contributed by atoms with E-state index in [1.807, 2.05) is 0 Å². The van der Waals surface area contributed by atoms with Gasteiger partial charge in [-0.05, 0) is 31.7 Å². The fraction of sp³-hybridized carbons (Fsp3) is 0.833. The van der Waals surface area contributed by atoms with Gasteiger partial charge in [-0.3, -0.25) is 0 Å². The van der Waals surface area contributed by atoms with Crippen LogP contribution in [-0.4, -0.2) is 22.8 Å². The van der Waals surface area contributed by atoms with E-state index in [-0.39, 0.29) is 0 Å². The van der Waals surface area contributed by atoms with Crippen LogP contribution in [0.1, 0.15) is 43.1 Å². The molecule has 0 spiro atoms. The summed E-state index contributed by atoms with van der Waals surface area (Å²) in [4.78, 5) is 0. The molecule has 0 aromatic carbocycles. The molecule has 3 nitrogen and oxygen atoms in total. The van der Waals surface area contributed by atoms with Crippen molar-refractivity contribution in [2.45, 2.75) is 52.0 Å². The minimum absolute atomic E-state index is 0.678. The molecule has 0 amide bonds. The third-order valence-corrected chi connectivity index (χ3v) is 3.67. The van der Waals surface area contributed by atoms with Gasteiger partial charge in [-0.25, -0.2) is 0 Å². The highest BCUT2D eigenvalue weighted by molar-refractivity contribution is 7.11. The third kappa shape index (κ3) is 4.18. The molecule has 0 saturated heterocycles. The zero-order valence-corrected chi connectivity index (χ0v) is 11.0. The van der Waals surface area contributed by atoms with E-state index in [0.29, 0.717) is 5.92 Å². The molecule has 0 radical (unpaired) electrons. The second-order valence-corrected chi connectivity index (χ2v) is 6.17. The topological polar surface area (TPSA) is 37.8 Å². The highest BCUT2D eigenvalue weighted by atomic mass is 32.1. The SMILES string of the molecule is CC(C)Cc1nnc(CCCNC2CC2)s1. The van der Waals surface area contributed by atoms with Crippen molar-refractivity contribution >= 4 is 11.3 Å². The molecule has 90 valence electrons. The summed E-state index contributed by atoms with van der Waals surface area (Å²) in [5.74, 6) is 0.678. The van der Waals surface area contributed by atoms with Crippen molar-refractivity contribution in [1.82, 2.24) is 15.5 Å². The second kappa shape index (κ2) is 5.73. The van der Waals surface area contributed by atoms with E-state index in [0.717, 1.165) is 25.4 Å². The first-order valence-electron chi connectivity index (χ1n) is 6.28. The first-order valence-corrected chi connectivity index (χ1v) is 7.10. The molecule has 0 bridgehead atoms. The molecule has 1 aromatic rings. The van der Waals surface area contributed by atoms with Gasteiger partial charge in [0.05, 0.1) is 0 Å². The first-order chi connectivity index (χ1) is 7.74. The number of rotatable bonds is 7. The van der Waals surface area contributed by atoms with E-state index in [4.69, 9.17) is 0 Å². The normalized spacial score (nSPS) is 15.9. The average Bonchev–Trinajstić information content (AvgIpc) is 2.95. The van der Waals surface area contributed by atoms with Crippen molar-refractivity contribution in [3.05, 3.63) is 10.0 Å². The molecule has 1 saturated carbocycles. The van der Waals surface area contributed by atoms with E-state index in [1.54, 1.807) is 11.3 Å². The maximum atomic E-state index is 4.24. The van der Waals surface area contributed by atoms with Gasteiger partial charge in [-0.15, -0.1) is 21.5 Å². The van der Waals surface area contributed by atoms with Gasteiger partial charge in [0.15, 0.2) is 0 Å². The van der Waals surface area contributed by atoms with Crippen LogP contribution in [0.15, 0.2) is 0 Å². The van der Waals surface area contributed by atoms with Crippen LogP contribution in [0.3, 0.4) is 0 Å². The van der Waals surface area contributed by atoms with Crippen molar-refractivity contribution in [3.63, 3.8) is 0 Å².